The average molecular weight is 601 g/mol. The molecule has 0 bridgehead atoms. The maximum Gasteiger partial charge on any atom is 0.226 e. The summed E-state index contributed by atoms with van der Waals surface area (Å²) >= 11 is 5.73. The van der Waals surface area contributed by atoms with Crippen LogP contribution in [0.4, 0.5) is 14.5 Å². The molecule has 7 nitrogen and oxygen atoms in total. The topological polar surface area (TPSA) is 86.0 Å². The number of hydrogen-bond acceptors (Lipinski definition) is 4. The first kappa shape index (κ1) is 31.3. The maximum atomic E-state index is 14.0. The number of carbonyl (C=O) groups is 1. The summed E-state index contributed by atoms with van der Waals surface area (Å²) in [5, 5.41) is 15.7. The molecule has 10 heteroatoms. The number of rotatable bonds is 12. The van der Waals surface area contributed by atoms with Crippen molar-refractivity contribution in [3.63, 3.8) is 0 Å². The third-order valence-corrected chi connectivity index (χ3v) is 7.66. The molecule has 0 unspecified atom stereocenters. The number of hydrogen-bond donors (Lipinski definition) is 2. The quantitative estimate of drug-likeness (QED) is 0.193. The second-order valence-electron chi connectivity index (χ2n) is 10.5. The molecule has 1 aromatic heterocycles. The molecule has 3 aromatic carbocycles. The van der Waals surface area contributed by atoms with Gasteiger partial charge in [-0.1, -0.05) is 50.6 Å². The molecule has 0 aliphatic heterocycles. The van der Waals surface area contributed by atoms with Gasteiger partial charge in [-0.25, -0.2) is 13.8 Å². The zero-order valence-corrected chi connectivity index (χ0v) is 25.0. The fourth-order valence-corrected chi connectivity index (χ4v) is 4.93. The molecule has 0 saturated heterocycles. The summed E-state index contributed by atoms with van der Waals surface area (Å²) in [5.41, 5.74) is 3.54. The van der Waals surface area contributed by atoms with Crippen LogP contribution in [0.25, 0.3) is 0 Å². The summed E-state index contributed by atoms with van der Waals surface area (Å²) in [4.78, 5) is 19.5. The van der Waals surface area contributed by atoms with Crippen LogP contribution in [0.15, 0.2) is 85.3 Å². The molecule has 1 heterocycles. The summed E-state index contributed by atoms with van der Waals surface area (Å²) in [6, 6.07) is 21.4. The second kappa shape index (κ2) is 15.0. The Morgan fingerprint density at radius 1 is 1.07 bits per heavy atom. The minimum absolute atomic E-state index is 0.0967. The van der Waals surface area contributed by atoms with E-state index in [9.17, 15) is 13.6 Å². The van der Waals surface area contributed by atoms with Gasteiger partial charge in [-0.3, -0.25) is 4.79 Å². The third kappa shape index (κ3) is 9.18. The SMILES string of the molecule is CC[C@H](C)[C@@H](CN(Cc1cccc(F)c1)C(=S)Nc1cccc(F)c1)NC(=O)Cc1cncn1Cc1ccc(C#N)cc1. The van der Waals surface area contributed by atoms with E-state index in [0.29, 0.717) is 41.6 Å². The molecule has 0 radical (unpaired) electrons. The smallest absolute Gasteiger partial charge is 0.226 e. The van der Waals surface area contributed by atoms with Gasteiger partial charge < -0.3 is 20.1 Å². The van der Waals surface area contributed by atoms with Gasteiger partial charge in [-0.2, -0.15) is 5.26 Å². The van der Waals surface area contributed by atoms with Gasteiger partial charge in [-0.15, -0.1) is 0 Å². The molecular weight excluding hydrogens is 566 g/mol. The first-order valence-corrected chi connectivity index (χ1v) is 14.5. The Hall–Kier alpha value is -4.62. The average Bonchev–Trinajstić information content (AvgIpc) is 3.42. The Balaban J connectivity index is 1.49. The Bertz CT molecular complexity index is 1580. The van der Waals surface area contributed by atoms with Gasteiger partial charge in [-0.05, 0) is 71.7 Å². The van der Waals surface area contributed by atoms with E-state index in [1.165, 1.54) is 24.3 Å². The van der Waals surface area contributed by atoms with Crippen LogP contribution in [0.3, 0.4) is 0 Å². The molecule has 4 aromatic rings. The summed E-state index contributed by atoms with van der Waals surface area (Å²) in [6.07, 6.45) is 4.29. The minimum atomic E-state index is -0.396. The van der Waals surface area contributed by atoms with Gasteiger partial charge >= 0.3 is 0 Å². The van der Waals surface area contributed by atoms with Crippen LogP contribution in [0.5, 0.6) is 0 Å². The standard InChI is InChI=1S/C33H34F2N6OS/c1-3-23(2)31(39-32(42)16-30-18-37-22-41(30)19-25-12-10-24(17-36)11-13-25)21-40(20-26-6-4-7-27(34)14-26)33(43)38-29-9-5-8-28(35)15-29/h4-15,18,22-23,31H,3,16,19-21H2,1-2H3,(H,38,43)(H,39,42)/t23-,31+/m0/s1. The molecule has 222 valence electrons. The van der Waals surface area contributed by atoms with Gasteiger partial charge in [0, 0.05) is 43.3 Å². The second-order valence-corrected chi connectivity index (χ2v) is 10.9. The maximum absolute atomic E-state index is 14.0. The van der Waals surface area contributed by atoms with E-state index < -0.39 is 5.82 Å². The number of benzene rings is 3. The van der Waals surface area contributed by atoms with E-state index in [4.69, 9.17) is 17.5 Å². The normalized spacial score (nSPS) is 12.2. The molecule has 0 aliphatic rings. The van der Waals surface area contributed by atoms with Crippen LogP contribution < -0.4 is 10.6 Å². The highest BCUT2D eigenvalue weighted by molar-refractivity contribution is 7.80. The zero-order chi connectivity index (χ0) is 30.8. The molecule has 2 atom stereocenters. The molecule has 1 amide bonds. The third-order valence-electron chi connectivity index (χ3n) is 7.30. The van der Waals surface area contributed by atoms with Crippen molar-refractivity contribution in [3.05, 3.63) is 119 Å². The zero-order valence-electron chi connectivity index (χ0n) is 24.1. The number of nitriles is 1. The number of anilines is 1. The van der Waals surface area contributed by atoms with Crippen molar-refractivity contribution in [2.45, 2.75) is 45.8 Å². The number of aromatic nitrogens is 2. The number of nitrogens with zero attached hydrogens (tertiary/aromatic N) is 4. The molecule has 2 N–H and O–H groups in total. The van der Waals surface area contributed by atoms with Crippen LogP contribution >= 0.6 is 12.2 Å². The van der Waals surface area contributed by atoms with Crippen molar-refractivity contribution in [1.82, 2.24) is 19.8 Å². The lowest BCUT2D eigenvalue weighted by Gasteiger charge is -2.33. The molecule has 4 rings (SSSR count). The highest BCUT2D eigenvalue weighted by Crippen LogP contribution is 2.17. The van der Waals surface area contributed by atoms with E-state index in [2.05, 4.69) is 35.5 Å². The fourth-order valence-electron chi connectivity index (χ4n) is 4.67. The lowest BCUT2D eigenvalue weighted by molar-refractivity contribution is -0.121. The van der Waals surface area contributed by atoms with Crippen LogP contribution in [-0.4, -0.2) is 38.1 Å². The molecule has 0 fully saturated rings. The van der Waals surface area contributed by atoms with E-state index >= 15 is 0 Å². The van der Waals surface area contributed by atoms with Crippen molar-refractivity contribution in [1.29, 1.82) is 5.26 Å². The van der Waals surface area contributed by atoms with E-state index in [-0.39, 0.29) is 30.1 Å². The summed E-state index contributed by atoms with van der Waals surface area (Å²) in [6.45, 7) is 5.27. The molecule has 0 aliphatic carbocycles. The number of amides is 1. The van der Waals surface area contributed by atoms with Crippen molar-refractivity contribution in [3.8, 4) is 6.07 Å². The van der Waals surface area contributed by atoms with Crippen molar-refractivity contribution < 1.29 is 13.6 Å². The van der Waals surface area contributed by atoms with Crippen molar-refractivity contribution >= 4 is 28.9 Å². The first-order valence-electron chi connectivity index (χ1n) is 14.1. The largest absolute Gasteiger partial charge is 0.351 e. The van der Waals surface area contributed by atoms with Crippen LogP contribution in [-0.2, 0) is 24.3 Å². The number of halogens is 2. The Kier molecular flexibility index (Phi) is 10.9. The lowest BCUT2D eigenvalue weighted by atomic mass is 9.98. The van der Waals surface area contributed by atoms with Gasteiger partial charge in [0.05, 0.1) is 24.4 Å². The van der Waals surface area contributed by atoms with E-state index in [1.807, 2.05) is 27.7 Å². The van der Waals surface area contributed by atoms with Crippen molar-refractivity contribution in [2.24, 2.45) is 5.92 Å². The molecule has 0 spiro atoms. The monoisotopic (exact) mass is 600 g/mol. The van der Waals surface area contributed by atoms with Crippen LogP contribution in [0.1, 0.15) is 42.7 Å². The van der Waals surface area contributed by atoms with Gasteiger partial charge in [0.15, 0.2) is 5.11 Å². The molecular formula is C33H34F2N6OS. The lowest BCUT2D eigenvalue weighted by Crippen LogP contribution is -2.50. The Morgan fingerprint density at radius 2 is 1.79 bits per heavy atom. The Morgan fingerprint density at radius 3 is 2.47 bits per heavy atom. The highest BCUT2D eigenvalue weighted by atomic mass is 32.1. The number of imidazole rings is 1. The minimum Gasteiger partial charge on any atom is -0.351 e. The summed E-state index contributed by atoms with van der Waals surface area (Å²) in [7, 11) is 0. The van der Waals surface area contributed by atoms with Crippen LogP contribution in [0.2, 0.25) is 0 Å². The van der Waals surface area contributed by atoms with Gasteiger partial charge in [0.25, 0.3) is 0 Å². The number of nitrogens with one attached hydrogen (secondary N) is 2. The highest BCUT2D eigenvalue weighted by Gasteiger charge is 2.24. The Labute approximate surface area is 256 Å². The fraction of sp³-hybridized carbons (Fsp3) is 0.273. The molecule has 0 saturated carbocycles. The first-order chi connectivity index (χ1) is 20.7. The summed E-state index contributed by atoms with van der Waals surface area (Å²) < 4.78 is 29.8. The number of carbonyl (C=O) groups excluding carboxylic acids is 1. The predicted molar refractivity (Wildman–Crippen MR) is 167 cm³/mol. The van der Waals surface area contributed by atoms with Crippen molar-refractivity contribution in [2.75, 3.05) is 11.9 Å². The predicted octanol–water partition coefficient (Wildman–Crippen LogP) is 6.05. The van der Waals surface area contributed by atoms with Gasteiger partial charge in [0.1, 0.15) is 11.6 Å². The van der Waals surface area contributed by atoms with E-state index in [1.54, 1.807) is 42.9 Å². The molecule has 43 heavy (non-hydrogen) atoms. The van der Waals surface area contributed by atoms with Crippen LogP contribution in [0, 0.1) is 28.9 Å². The van der Waals surface area contributed by atoms with Gasteiger partial charge in [0.2, 0.25) is 5.91 Å². The number of thiocarbonyl (C=S) groups is 1. The summed E-state index contributed by atoms with van der Waals surface area (Å²) in [5.74, 6) is -0.820. The van der Waals surface area contributed by atoms with E-state index in [0.717, 1.165) is 17.7 Å².